The summed E-state index contributed by atoms with van der Waals surface area (Å²) in [6.07, 6.45) is -4.50. The number of nitriles is 1. The fraction of sp³-hybridized carbons (Fsp3) is 0.733. The molecule has 0 aromatic carbocycles. The SMILES string of the molecule is CC(n1nc(B2OC(C)(C)C(C)(C)O2)c(C#N)c1N(C)C)C(F)(F)F. The highest BCUT2D eigenvalue weighted by Gasteiger charge is 2.54. The van der Waals surface area contributed by atoms with E-state index < -0.39 is 30.5 Å². The van der Waals surface area contributed by atoms with Gasteiger partial charge in [0, 0.05) is 14.1 Å². The average Bonchev–Trinajstić information content (AvgIpc) is 2.92. The molecular formula is C15H22BF3N4O2. The minimum absolute atomic E-state index is 0.0135. The third-order valence-electron chi connectivity index (χ3n) is 4.76. The van der Waals surface area contributed by atoms with Crippen molar-refractivity contribution in [2.24, 2.45) is 0 Å². The minimum atomic E-state index is -4.50. The molecule has 0 spiro atoms. The van der Waals surface area contributed by atoms with Crippen LogP contribution < -0.4 is 10.5 Å². The third-order valence-corrected chi connectivity index (χ3v) is 4.76. The lowest BCUT2D eigenvalue weighted by Crippen LogP contribution is -2.41. The predicted octanol–water partition coefficient (Wildman–Crippen LogP) is 2.24. The maximum atomic E-state index is 13.2. The lowest BCUT2D eigenvalue weighted by molar-refractivity contribution is -0.164. The molecule has 1 aliphatic rings. The van der Waals surface area contributed by atoms with Gasteiger partial charge in [-0.05, 0) is 34.6 Å². The van der Waals surface area contributed by atoms with Gasteiger partial charge in [0.1, 0.15) is 29.1 Å². The Morgan fingerprint density at radius 2 is 1.68 bits per heavy atom. The monoisotopic (exact) mass is 358 g/mol. The number of nitrogens with zero attached hydrogens (tertiary/aromatic N) is 4. The van der Waals surface area contributed by atoms with Crippen LogP contribution in [0.1, 0.15) is 46.2 Å². The van der Waals surface area contributed by atoms with Gasteiger partial charge in [-0.15, -0.1) is 0 Å². The highest BCUT2D eigenvalue weighted by molar-refractivity contribution is 6.62. The number of hydrogen-bond acceptors (Lipinski definition) is 5. The summed E-state index contributed by atoms with van der Waals surface area (Å²) in [7, 11) is 2.11. The maximum Gasteiger partial charge on any atom is 0.517 e. The van der Waals surface area contributed by atoms with Gasteiger partial charge in [0.25, 0.3) is 0 Å². The van der Waals surface area contributed by atoms with Crippen molar-refractivity contribution in [2.45, 2.75) is 58.0 Å². The van der Waals surface area contributed by atoms with Crippen LogP contribution in [0.25, 0.3) is 0 Å². The summed E-state index contributed by atoms with van der Waals surface area (Å²) in [4.78, 5) is 1.43. The zero-order chi connectivity index (χ0) is 19.4. The lowest BCUT2D eigenvalue weighted by atomic mass is 9.82. The van der Waals surface area contributed by atoms with Gasteiger partial charge in [0.2, 0.25) is 0 Å². The molecule has 0 N–H and O–H groups in total. The normalized spacial score (nSPS) is 20.4. The fourth-order valence-electron chi connectivity index (χ4n) is 2.51. The first-order valence-electron chi connectivity index (χ1n) is 7.85. The maximum absolute atomic E-state index is 13.2. The van der Waals surface area contributed by atoms with Crippen LogP contribution >= 0.6 is 0 Å². The van der Waals surface area contributed by atoms with Crippen LogP contribution in [0.5, 0.6) is 0 Å². The first-order valence-corrected chi connectivity index (χ1v) is 7.85. The van der Waals surface area contributed by atoms with Crippen LogP contribution in [-0.2, 0) is 9.31 Å². The van der Waals surface area contributed by atoms with E-state index in [-0.39, 0.29) is 17.0 Å². The van der Waals surface area contributed by atoms with Crippen molar-refractivity contribution in [3.8, 4) is 6.07 Å². The van der Waals surface area contributed by atoms with E-state index in [0.29, 0.717) is 0 Å². The molecule has 2 heterocycles. The number of aromatic nitrogens is 2. The van der Waals surface area contributed by atoms with E-state index in [1.165, 1.54) is 4.90 Å². The van der Waals surface area contributed by atoms with E-state index in [1.54, 1.807) is 14.1 Å². The summed E-state index contributed by atoms with van der Waals surface area (Å²) in [5.74, 6) is 0.0667. The quantitative estimate of drug-likeness (QED) is 0.776. The minimum Gasteiger partial charge on any atom is -0.398 e. The molecule has 25 heavy (non-hydrogen) atoms. The molecule has 0 amide bonds. The summed E-state index contributed by atoms with van der Waals surface area (Å²) in [6.45, 7) is 8.28. The Hall–Kier alpha value is -1.73. The van der Waals surface area contributed by atoms with Crippen LogP contribution in [0.2, 0.25) is 0 Å². The number of halogens is 3. The van der Waals surface area contributed by atoms with E-state index >= 15 is 0 Å². The largest absolute Gasteiger partial charge is 0.517 e. The molecular weight excluding hydrogens is 336 g/mol. The van der Waals surface area contributed by atoms with Crippen LogP contribution in [0.4, 0.5) is 19.0 Å². The topological polar surface area (TPSA) is 63.3 Å². The average molecular weight is 358 g/mol. The van der Waals surface area contributed by atoms with Crippen molar-refractivity contribution >= 4 is 18.5 Å². The number of alkyl halides is 3. The molecule has 6 nitrogen and oxygen atoms in total. The molecule has 1 fully saturated rings. The van der Waals surface area contributed by atoms with Gasteiger partial charge >= 0.3 is 13.3 Å². The van der Waals surface area contributed by atoms with Crippen molar-refractivity contribution < 1.29 is 22.5 Å². The number of rotatable bonds is 3. The predicted molar refractivity (Wildman–Crippen MR) is 87.8 cm³/mol. The van der Waals surface area contributed by atoms with Gasteiger partial charge in [-0.1, -0.05) is 0 Å². The van der Waals surface area contributed by atoms with Gasteiger partial charge in [-0.25, -0.2) is 4.68 Å². The van der Waals surface area contributed by atoms with Crippen molar-refractivity contribution in [1.29, 1.82) is 5.26 Å². The molecule has 1 aromatic rings. The second kappa shape index (κ2) is 5.92. The lowest BCUT2D eigenvalue weighted by Gasteiger charge is -2.32. The molecule has 2 rings (SSSR count). The molecule has 1 aromatic heterocycles. The summed E-state index contributed by atoms with van der Waals surface area (Å²) in [5, 5.41) is 13.6. The molecule has 1 saturated heterocycles. The number of anilines is 1. The molecule has 10 heteroatoms. The highest BCUT2D eigenvalue weighted by Crippen LogP contribution is 2.38. The smallest absolute Gasteiger partial charge is 0.398 e. The fourth-order valence-corrected chi connectivity index (χ4v) is 2.51. The Bertz CT molecular complexity index is 691. The standard InChI is InChI=1S/C15H22BF3N4O2/c1-9(15(17,18)19)23-12(22(6)7)10(8-20)11(21-23)16-24-13(2,3)14(4,5)25-16/h9H,1-7H3. The van der Waals surface area contributed by atoms with Gasteiger partial charge in [-0.3, -0.25) is 0 Å². The third kappa shape index (κ3) is 3.23. The second-order valence-corrected chi connectivity index (χ2v) is 7.34. The second-order valence-electron chi connectivity index (χ2n) is 7.34. The van der Waals surface area contributed by atoms with E-state index in [0.717, 1.165) is 11.6 Å². The van der Waals surface area contributed by atoms with E-state index in [2.05, 4.69) is 5.10 Å². The van der Waals surface area contributed by atoms with Gasteiger partial charge < -0.3 is 14.2 Å². The Balaban J connectivity index is 2.60. The van der Waals surface area contributed by atoms with E-state index in [1.807, 2.05) is 33.8 Å². The van der Waals surface area contributed by atoms with Gasteiger partial charge in [0.15, 0.2) is 0 Å². The Kier molecular flexibility index (Phi) is 4.64. The van der Waals surface area contributed by atoms with Crippen LogP contribution in [0.3, 0.4) is 0 Å². The summed E-state index contributed by atoms with van der Waals surface area (Å²) in [5.41, 5.74) is -1.31. The summed E-state index contributed by atoms with van der Waals surface area (Å²) >= 11 is 0. The molecule has 1 unspecified atom stereocenters. The summed E-state index contributed by atoms with van der Waals surface area (Å²) < 4.78 is 52.2. The molecule has 0 saturated carbocycles. The van der Waals surface area contributed by atoms with Crippen molar-refractivity contribution in [3.05, 3.63) is 5.56 Å². The zero-order valence-corrected chi connectivity index (χ0v) is 15.4. The van der Waals surface area contributed by atoms with E-state index in [9.17, 15) is 18.4 Å². The van der Waals surface area contributed by atoms with Crippen molar-refractivity contribution in [2.75, 3.05) is 19.0 Å². The Morgan fingerprint density at radius 3 is 2.04 bits per heavy atom. The van der Waals surface area contributed by atoms with Crippen LogP contribution in [-0.4, -0.2) is 48.4 Å². The van der Waals surface area contributed by atoms with Gasteiger partial charge in [0.05, 0.1) is 11.2 Å². The first kappa shape index (κ1) is 19.6. The molecule has 138 valence electrons. The molecule has 1 atom stereocenters. The summed E-state index contributed by atoms with van der Waals surface area (Å²) in [6, 6.07) is 0.0563. The molecule has 0 radical (unpaired) electrons. The highest BCUT2D eigenvalue weighted by atomic mass is 19.4. The molecule has 1 aliphatic heterocycles. The van der Waals surface area contributed by atoms with Crippen LogP contribution in [0, 0.1) is 11.3 Å². The van der Waals surface area contributed by atoms with Gasteiger partial charge in [-0.2, -0.15) is 23.5 Å². The van der Waals surface area contributed by atoms with Crippen molar-refractivity contribution in [1.82, 2.24) is 9.78 Å². The Morgan fingerprint density at radius 1 is 1.20 bits per heavy atom. The first-order chi connectivity index (χ1) is 11.2. The number of hydrogen-bond donors (Lipinski definition) is 0. The zero-order valence-electron chi connectivity index (χ0n) is 15.4. The Labute approximate surface area is 145 Å². The molecule has 0 bridgehead atoms. The van der Waals surface area contributed by atoms with Crippen molar-refractivity contribution in [3.63, 3.8) is 0 Å². The van der Waals surface area contributed by atoms with E-state index in [4.69, 9.17) is 9.31 Å². The molecule has 0 aliphatic carbocycles. The van der Waals surface area contributed by atoms with Crippen LogP contribution in [0.15, 0.2) is 0 Å².